The highest BCUT2D eigenvalue weighted by Gasteiger charge is 2.35. The van der Waals surface area contributed by atoms with Gasteiger partial charge in [0.05, 0.1) is 28.8 Å². The Hall–Kier alpha value is -3.10. The van der Waals surface area contributed by atoms with Crippen molar-refractivity contribution in [2.24, 2.45) is 5.73 Å². The van der Waals surface area contributed by atoms with Crippen LogP contribution < -0.4 is 15.4 Å². The van der Waals surface area contributed by atoms with E-state index in [-0.39, 0.29) is 23.7 Å². The van der Waals surface area contributed by atoms with Crippen molar-refractivity contribution >= 4 is 46.2 Å². The van der Waals surface area contributed by atoms with Crippen molar-refractivity contribution in [1.29, 1.82) is 0 Å². The molecule has 2 aliphatic heterocycles. The van der Waals surface area contributed by atoms with E-state index in [0.717, 1.165) is 72.0 Å². The number of hydrogen-bond donors (Lipinski definition) is 1. The van der Waals surface area contributed by atoms with Crippen LogP contribution in [0.5, 0.6) is 5.88 Å². The van der Waals surface area contributed by atoms with Gasteiger partial charge in [0, 0.05) is 41.3 Å². The maximum absolute atomic E-state index is 13.7. The molecule has 14 heteroatoms. The van der Waals surface area contributed by atoms with Crippen molar-refractivity contribution < 1.29 is 32.2 Å². The number of nitrogens with two attached hydrogens (primary N) is 1. The Morgan fingerprint density at radius 3 is 2.67 bits per heavy atom. The van der Waals surface area contributed by atoms with E-state index < -0.39 is 23.2 Å². The molecule has 0 bridgehead atoms. The summed E-state index contributed by atoms with van der Waals surface area (Å²) >= 11 is 3.23. The Bertz CT molecular complexity index is 1570. The molecule has 1 aromatic heterocycles. The third-order valence-corrected chi connectivity index (χ3v) is 8.99. The van der Waals surface area contributed by atoms with E-state index in [0.29, 0.717) is 37.1 Å². The van der Waals surface area contributed by atoms with Crippen molar-refractivity contribution in [2.75, 3.05) is 50.8 Å². The van der Waals surface area contributed by atoms with Crippen LogP contribution in [0, 0.1) is 15.4 Å². The summed E-state index contributed by atoms with van der Waals surface area (Å²) in [5.74, 6) is 5.81. The lowest BCUT2D eigenvalue weighted by Gasteiger charge is -2.33. The molecule has 1 atom stereocenters. The summed E-state index contributed by atoms with van der Waals surface area (Å²) in [6.07, 6.45) is -0.249. The summed E-state index contributed by atoms with van der Waals surface area (Å²) in [5, 5.41) is 0. The van der Waals surface area contributed by atoms with Crippen LogP contribution in [-0.4, -0.2) is 73.0 Å². The number of piperazine rings is 1. The lowest BCUT2D eigenvalue weighted by Crippen LogP contribution is -2.47. The van der Waals surface area contributed by atoms with Crippen molar-refractivity contribution in [3.8, 4) is 17.7 Å². The number of hydrogen-bond acceptors (Lipinski definition) is 9. The number of ether oxygens (including phenoxy) is 3. The second kappa shape index (κ2) is 16.1. The first kappa shape index (κ1) is 34.2. The van der Waals surface area contributed by atoms with Crippen LogP contribution in [0.1, 0.15) is 40.7 Å². The molecule has 2 aliphatic rings. The Morgan fingerprint density at radius 2 is 1.96 bits per heavy atom. The molecule has 0 radical (unpaired) electrons. The lowest BCUT2D eigenvalue weighted by molar-refractivity contribution is -0.154. The van der Waals surface area contributed by atoms with E-state index in [2.05, 4.69) is 44.3 Å². The normalized spacial score (nSPS) is 17.3. The molecule has 9 nitrogen and oxygen atoms in total. The van der Waals surface area contributed by atoms with Crippen molar-refractivity contribution in [3.05, 3.63) is 68.9 Å². The lowest BCUT2D eigenvalue weighted by atomic mass is 10.1. The number of nitrogens with zero attached hydrogens (tertiary/aromatic N) is 4. The quantitative estimate of drug-likeness (QED) is 0.209. The fourth-order valence-corrected chi connectivity index (χ4v) is 6.39. The first-order chi connectivity index (χ1) is 22.2. The average molecular weight is 768 g/mol. The van der Waals surface area contributed by atoms with Gasteiger partial charge in [0.25, 0.3) is 0 Å². The number of benzene rings is 2. The molecule has 46 heavy (non-hydrogen) atoms. The van der Waals surface area contributed by atoms with Crippen LogP contribution in [0.3, 0.4) is 0 Å². The molecule has 1 amide bonds. The Kier molecular flexibility index (Phi) is 12.0. The zero-order valence-electron chi connectivity index (χ0n) is 24.9. The number of rotatable bonds is 10. The molecule has 0 aliphatic carbocycles. The van der Waals surface area contributed by atoms with Crippen LogP contribution in [-0.2, 0) is 22.3 Å². The Balaban J connectivity index is 1.26. The van der Waals surface area contributed by atoms with E-state index in [1.165, 1.54) is 6.07 Å². The molecule has 5 rings (SSSR count). The predicted octanol–water partition coefficient (Wildman–Crippen LogP) is 5.60. The van der Waals surface area contributed by atoms with E-state index in [9.17, 15) is 18.0 Å². The largest absolute Gasteiger partial charge is 0.472 e. The minimum atomic E-state index is -4.75. The van der Waals surface area contributed by atoms with Crippen LogP contribution in [0.4, 0.5) is 19.1 Å². The molecule has 244 valence electrons. The number of amides is 1. The number of aromatic nitrogens is 2. The van der Waals surface area contributed by atoms with E-state index >= 15 is 0 Å². The second-order valence-electron chi connectivity index (χ2n) is 10.7. The molecular weight excluding hydrogens is 734 g/mol. The molecule has 2 fully saturated rings. The first-order valence-electron chi connectivity index (χ1n) is 14.7. The molecular formula is C32H33F3IN5O4S. The number of carbonyl (C=O) groups excluding carboxylic acids is 1. The molecule has 3 heterocycles. The molecule has 2 saturated heterocycles. The zero-order valence-corrected chi connectivity index (χ0v) is 27.9. The van der Waals surface area contributed by atoms with E-state index in [4.69, 9.17) is 24.9 Å². The first-order valence-corrected chi connectivity index (χ1v) is 16.6. The molecule has 3 aromatic rings. The number of primary amides is 1. The summed E-state index contributed by atoms with van der Waals surface area (Å²) in [6.45, 7) is 4.76. The third kappa shape index (κ3) is 9.71. The highest BCUT2D eigenvalue weighted by Crippen LogP contribution is 2.39. The fourth-order valence-electron chi connectivity index (χ4n) is 4.92. The highest BCUT2D eigenvalue weighted by atomic mass is 127. The van der Waals surface area contributed by atoms with Crippen molar-refractivity contribution in [1.82, 2.24) is 14.9 Å². The maximum Gasteiger partial charge on any atom is 0.417 e. The van der Waals surface area contributed by atoms with Gasteiger partial charge in [-0.15, -0.1) is 0 Å². The summed E-state index contributed by atoms with van der Waals surface area (Å²) in [6, 6.07) is 11.2. The summed E-state index contributed by atoms with van der Waals surface area (Å²) < 4.78 is 59.6. The second-order valence-corrected chi connectivity index (χ2v) is 13.0. The summed E-state index contributed by atoms with van der Waals surface area (Å²) in [7, 11) is 0. The third-order valence-electron chi connectivity index (χ3n) is 7.33. The summed E-state index contributed by atoms with van der Waals surface area (Å²) in [5.41, 5.74) is 4.42. The van der Waals surface area contributed by atoms with Crippen LogP contribution in [0.2, 0.25) is 0 Å². The van der Waals surface area contributed by atoms with Crippen LogP contribution >= 0.6 is 34.4 Å². The average Bonchev–Trinajstić information content (AvgIpc) is 3.04. The Morgan fingerprint density at radius 1 is 1.13 bits per heavy atom. The van der Waals surface area contributed by atoms with Gasteiger partial charge in [0.15, 0.2) is 6.29 Å². The maximum atomic E-state index is 13.7. The smallest absolute Gasteiger partial charge is 0.417 e. The number of halogens is 4. The van der Waals surface area contributed by atoms with Gasteiger partial charge < -0.3 is 24.8 Å². The predicted molar refractivity (Wildman–Crippen MR) is 176 cm³/mol. The van der Waals surface area contributed by atoms with Gasteiger partial charge in [0.1, 0.15) is 13.2 Å². The van der Waals surface area contributed by atoms with Gasteiger partial charge in [-0.05, 0) is 77.7 Å². The minimum Gasteiger partial charge on any atom is -0.472 e. The van der Waals surface area contributed by atoms with Crippen molar-refractivity contribution in [3.63, 3.8) is 0 Å². The SMILES string of the molecule is NC(=O)c1ccc(Sc2cnc(N3CCN(CC#CCOC4CCCCO4)CC3)nc2OCc2cccc(I)c2)cc1C(F)(F)F. The highest BCUT2D eigenvalue weighted by molar-refractivity contribution is 14.1. The molecule has 2 aromatic carbocycles. The monoisotopic (exact) mass is 767 g/mol. The van der Waals surface area contributed by atoms with Gasteiger partial charge in [-0.3, -0.25) is 9.69 Å². The van der Waals surface area contributed by atoms with Gasteiger partial charge in [0.2, 0.25) is 17.7 Å². The summed E-state index contributed by atoms with van der Waals surface area (Å²) in [4.78, 5) is 25.8. The van der Waals surface area contributed by atoms with Crippen molar-refractivity contribution in [2.45, 2.75) is 48.1 Å². The van der Waals surface area contributed by atoms with Gasteiger partial charge in [-0.2, -0.15) is 18.2 Å². The molecule has 1 unspecified atom stereocenters. The van der Waals surface area contributed by atoms with E-state index in [1.54, 1.807) is 6.20 Å². The standard InChI is InChI=1S/C32H33F3IN5O4S/c33-32(34,35)26-19-24(9-10-25(26)29(37)42)46-27-20-38-31(39-30(27)45-21-22-6-5-7-23(36)18-22)41-14-12-40(13-15-41)11-2-4-17-44-28-8-1-3-16-43-28/h5-7,9-10,18-20,28H,1,3,8,11-17,21H2,(H2,37,42). The van der Waals surface area contributed by atoms with Gasteiger partial charge in [-0.25, -0.2) is 4.98 Å². The molecule has 2 N–H and O–H groups in total. The van der Waals surface area contributed by atoms with Crippen LogP contribution in [0.25, 0.3) is 0 Å². The minimum absolute atomic E-state index is 0.151. The zero-order chi connectivity index (χ0) is 32.5. The number of carbonyl (C=O) groups is 1. The molecule has 0 spiro atoms. The van der Waals surface area contributed by atoms with Crippen LogP contribution in [0.15, 0.2) is 58.5 Å². The van der Waals surface area contributed by atoms with E-state index in [1.807, 2.05) is 29.2 Å². The number of anilines is 1. The number of alkyl halides is 3. The topological polar surface area (TPSA) is 103 Å². The van der Waals surface area contributed by atoms with Gasteiger partial charge >= 0.3 is 6.18 Å². The Labute approximate surface area is 283 Å². The van der Waals surface area contributed by atoms with Gasteiger partial charge in [-0.1, -0.05) is 35.7 Å². The fraction of sp³-hybridized carbons (Fsp3) is 0.406. The molecule has 0 saturated carbocycles.